The number of amides is 2. The molecule has 226 valence electrons. The highest BCUT2D eigenvalue weighted by molar-refractivity contribution is 6.30. The van der Waals surface area contributed by atoms with Gasteiger partial charge < -0.3 is 24.5 Å². The highest BCUT2D eigenvalue weighted by atomic mass is 35.5. The maximum absolute atomic E-state index is 15.9. The van der Waals surface area contributed by atoms with Gasteiger partial charge in [-0.1, -0.05) is 30.7 Å². The number of alkyl halides is 1. The molecular formula is C31H34ClFN6O4. The van der Waals surface area contributed by atoms with Crippen molar-refractivity contribution in [2.45, 2.75) is 51.1 Å². The van der Waals surface area contributed by atoms with Crippen LogP contribution < -0.4 is 15.8 Å². The number of benzene rings is 1. The number of pyridine rings is 1. The van der Waals surface area contributed by atoms with E-state index in [1.54, 1.807) is 11.8 Å². The maximum Gasteiger partial charge on any atom is 0.254 e. The SMILES string of the molecule is CC1CN(C(=O)CCCNC(=O)Cc2nc(N3CCCC3)c3oc4ccccc4c3n2)CCC1(F)c1cc(Cl)c[nH]c1=O. The van der Waals surface area contributed by atoms with E-state index >= 15 is 4.39 Å². The molecule has 6 rings (SSSR count). The summed E-state index contributed by atoms with van der Waals surface area (Å²) in [6.45, 7) is 4.15. The van der Waals surface area contributed by atoms with Gasteiger partial charge in [0, 0.05) is 63.1 Å². The molecule has 5 heterocycles. The van der Waals surface area contributed by atoms with Crippen molar-refractivity contribution in [2.24, 2.45) is 5.92 Å². The molecule has 3 aromatic heterocycles. The normalized spacial score (nSPS) is 20.7. The first-order chi connectivity index (χ1) is 20.7. The van der Waals surface area contributed by atoms with Crippen LogP contribution in [0.4, 0.5) is 10.2 Å². The first-order valence-electron chi connectivity index (χ1n) is 14.8. The Morgan fingerprint density at radius 2 is 2.00 bits per heavy atom. The predicted molar refractivity (Wildman–Crippen MR) is 162 cm³/mol. The monoisotopic (exact) mass is 608 g/mol. The summed E-state index contributed by atoms with van der Waals surface area (Å²) in [7, 11) is 0. The largest absolute Gasteiger partial charge is 0.450 e. The molecule has 2 aliphatic rings. The molecule has 1 aromatic carbocycles. The molecule has 43 heavy (non-hydrogen) atoms. The van der Waals surface area contributed by atoms with Crippen LogP contribution in [0.2, 0.25) is 5.02 Å². The van der Waals surface area contributed by atoms with Crippen LogP contribution in [0.15, 0.2) is 45.7 Å². The van der Waals surface area contributed by atoms with Crippen LogP contribution in [-0.2, 0) is 21.7 Å². The molecule has 2 fully saturated rings. The number of likely N-dealkylation sites (tertiary alicyclic amines) is 1. The minimum Gasteiger partial charge on any atom is -0.450 e. The van der Waals surface area contributed by atoms with Crippen molar-refractivity contribution in [1.82, 2.24) is 25.2 Å². The Balaban J connectivity index is 1.03. The molecule has 0 radical (unpaired) electrons. The first kappa shape index (κ1) is 29.1. The van der Waals surface area contributed by atoms with Crippen molar-refractivity contribution < 1.29 is 18.4 Å². The lowest BCUT2D eigenvalue weighted by atomic mass is 9.79. The average Bonchev–Trinajstić information content (AvgIpc) is 3.66. The van der Waals surface area contributed by atoms with E-state index in [0.717, 1.165) is 42.7 Å². The molecule has 10 nitrogen and oxygen atoms in total. The molecule has 4 aromatic rings. The summed E-state index contributed by atoms with van der Waals surface area (Å²) in [5.74, 6) is 0.219. The zero-order valence-electron chi connectivity index (χ0n) is 24.0. The minimum absolute atomic E-state index is 0.000975. The van der Waals surface area contributed by atoms with Gasteiger partial charge in [-0.2, -0.15) is 0 Å². The summed E-state index contributed by atoms with van der Waals surface area (Å²) in [4.78, 5) is 53.7. The molecule has 0 bridgehead atoms. The van der Waals surface area contributed by atoms with Gasteiger partial charge in [0.2, 0.25) is 11.8 Å². The van der Waals surface area contributed by atoms with Gasteiger partial charge in [-0.3, -0.25) is 14.4 Å². The van der Waals surface area contributed by atoms with E-state index < -0.39 is 17.1 Å². The Hall–Kier alpha value is -3.99. The topological polar surface area (TPSA) is 124 Å². The number of H-pyrrole nitrogens is 1. The van der Waals surface area contributed by atoms with Crippen LogP contribution >= 0.6 is 11.6 Å². The number of carbonyl (C=O) groups excluding carboxylic acids is 2. The van der Waals surface area contributed by atoms with Crippen molar-refractivity contribution in [3.8, 4) is 0 Å². The lowest BCUT2D eigenvalue weighted by molar-refractivity contribution is -0.136. The molecule has 2 amide bonds. The summed E-state index contributed by atoms with van der Waals surface area (Å²) in [6, 6.07) is 9.07. The third kappa shape index (κ3) is 5.82. The number of piperidine rings is 1. The highest BCUT2D eigenvalue weighted by Crippen LogP contribution is 2.40. The fraction of sp³-hybridized carbons (Fsp3) is 0.452. The predicted octanol–water partition coefficient (Wildman–Crippen LogP) is 4.49. The number of carbonyl (C=O) groups is 2. The number of aromatic amines is 1. The quantitative estimate of drug-likeness (QED) is 0.282. The van der Waals surface area contributed by atoms with Crippen LogP contribution in [0, 0.1) is 5.92 Å². The van der Waals surface area contributed by atoms with E-state index in [-0.39, 0.29) is 54.8 Å². The van der Waals surface area contributed by atoms with Gasteiger partial charge in [-0.25, -0.2) is 14.4 Å². The van der Waals surface area contributed by atoms with Gasteiger partial charge in [0.05, 0.1) is 17.0 Å². The second kappa shape index (κ2) is 11.9. The number of aromatic nitrogens is 3. The van der Waals surface area contributed by atoms with E-state index in [2.05, 4.69) is 15.2 Å². The number of rotatable bonds is 8. The fourth-order valence-corrected chi connectivity index (χ4v) is 6.34. The Labute approximate surface area is 252 Å². The summed E-state index contributed by atoms with van der Waals surface area (Å²) in [6.07, 6.45) is 4.16. The molecular weight excluding hydrogens is 575 g/mol. The zero-order valence-corrected chi connectivity index (χ0v) is 24.8. The van der Waals surface area contributed by atoms with Gasteiger partial charge in [-0.15, -0.1) is 0 Å². The molecule has 2 N–H and O–H groups in total. The minimum atomic E-state index is -1.87. The zero-order chi connectivity index (χ0) is 30.1. The van der Waals surface area contributed by atoms with Crippen LogP contribution in [0.3, 0.4) is 0 Å². The molecule has 2 unspecified atom stereocenters. The third-order valence-electron chi connectivity index (χ3n) is 8.55. The summed E-state index contributed by atoms with van der Waals surface area (Å²) in [5, 5.41) is 4.02. The van der Waals surface area contributed by atoms with Crippen molar-refractivity contribution in [1.29, 1.82) is 0 Å². The van der Waals surface area contributed by atoms with Gasteiger partial charge in [0.1, 0.15) is 22.6 Å². The summed E-state index contributed by atoms with van der Waals surface area (Å²) in [5.41, 5.74) is -0.303. The second-order valence-electron chi connectivity index (χ2n) is 11.5. The number of para-hydroxylation sites is 1. The molecule has 12 heteroatoms. The number of halogens is 2. The van der Waals surface area contributed by atoms with Crippen LogP contribution in [-0.4, -0.2) is 64.4 Å². The first-order valence-corrected chi connectivity index (χ1v) is 15.2. The van der Waals surface area contributed by atoms with Gasteiger partial charge in [-0.05, 0) is 37.5 Å². The van der Waals surface area contributed by atoms with Gasteiger partial charge in [0.25, 0.3) is 5.56 Å². The number of hydrogen-bond donors (Lipinski definition) is 2. The van der Waals surface area contributed by atoms with Crippen molar-refractivity contribution in [2.75, 3.05) is 37.6 Å². The van der Waals surface area contributed by atoms with Crippen molar-refractivity contribution >= 4 is 51.3 Å². The maximum atomic E-state index is 15.9. The third-order valence-corrected chi connectivity index (χ3v) is 8.77. The Morgan fingerprint density at radius 3 is 2.79 bits per heavy atom. The number of anilines is 1. The lowest BCUT2D eigenvalue weighted by Gasteiger charge is -2.41. The van der Waals surface area contributed by atoms with Crippen LogP contribution in [0.5, 0.6) is 0 Å². The van der Waals surface area contributed by atoms with E-state index in [1.165, 1.54) is 12.3 Å². The molecule has 2 aliphatic heterocycles. The number of nitrogens with one attached hydrogen (secondary N) is 2. The van der Waals surface area contributed by atoms with E-state index in [0.29, 0.717) is 29.9 Å². The van der Waals surface area contributed by atoms with Crippen LogP contribution in [0.25, 0.3) is 22.1 Å². The second-order valence-corrected chi connectivity index (χ2v) is 11.9. The number of hydrogen-bond acceptors (Lipinski definition) is 7. The molecule has 2 atom stereocenters. The Kier molecular flexibility index (Phi) is 8.09. The number of fused-ring (bicyclic) bond motifs is 3. The number of nitrogens with zero attached hydrogens (tertiary/aromatic N) is 4. The molecule has 0 aliphatic carbocycles. The molecule has 0 spiro atoms. The average molecular weight is 609 g/mol. The Bertz CT molecular complexity index is 1730. The fourth-order valence-electron chi connectivity index (χ4n) is 6.18. The highest BCUT2D eigenvalue weighted by Gasteiger charge is 2.45. The van der Waals surface area contributed by atoms with Gasteiger partial charge >= 0.3 is 0 Å². The molecule has 0 saturated carbocycles. The van der Waals surface area contributed by atoms with Crippen molar-refractivity contribution in [3.63, 3.8) is 0 Å². The van der Waals surface area contributed by atoms with E-state index in [4.69, 9.17) is 26.0 Å². The van der Waals surface area contributed by atoms with E-state index in [9.17, 15) is 14.4 Å². The standard InChI is InChI=1S/C31H34ClFN6O4/c1-19-18-39(14-10-31(19,33)22-15-20(32)17-35-30(22)42)26(41)9-6-11-34-25(40)16-24-36-27-21-7-2-3-8-23(21)43-28(27)29(37-24)38-12-4-5-13-38/h2-3,7-8,15,17,19H,4-6,9-14,16,18H2,1H3,(H,34,40)(H,35,42). The summed E-state index contributed by atoms with van der Waals surface area (Å²) < 4.78 is 22.0. The molecule has 2 saturated heterocycles. The van der Waals surface area contributed by atoms with Crippen molar-refractivity contribution in [3.05, 3.63) is 63.3 Å². The summed E-state index contributed by atoms with van der Waals surface area (Å²) >= 11 is 5.99. The van der Waals surface area contributed by atoms with Crippen LogP contribution in [0.1, 0.15) is 50.4 Å². The van der Waals surface area contributed by atoms with E-state index in [1.807, 2.05) is 24.3 Å². The number of furan rings is 1. The Morgan fingerprint density at radius 1 is 1.21 bits per heavy atom. The lowest BCUT2D eigenvalue weighted by Crippen LogP contribution is -2.50. The van der Waals surface area contributed by atoms with Gasteiger partial charge in [0.15, 0.2) is 11.4 Å². The smallest absolute Gasteiger partial charge is 0.254 e.